The highest BCUT2D eigenvalue weighted by atomic mass is 16.6. The molecule has 0 aromatic heterocycles. The van der Waals surface area contributed by atoms with Crippen LogP contribution in [0.1, 0.15) is 40.5 Å². The van der Waals surface area contributed by atoms with E-state index in [4.69, 9.17) is 10.5 Å². The first-order valence-corrected chi connectivity index (χ1v) is 7.76. The second kappa shape index (κ2) is 7.92. The van der Waals surface area contributed by atoms with Crippen molar-refractivity contribution in [2.45, 2.75) is 52.2 Å². The first-order chi connectivity index (χ1) is 10.3. The third-order valence-electron chi connectivity index (χ3n) is 3.37. The average molecular weight is 307 g/mol. The quantitative estimate of drug-likeness (QED) is 0.784. The summed E-state index contributed by atoms with van der Waals surface area (Å²) in [4.78, 5) is 14.1. The molecule has 5 nitrogen and oxygen atoms in total. The van der Waals surface area contributed by atoms with E-state index >= 15 is 0 Å². The number of allylic oxidation sites excluding steroid dienone is 3. The smallest absolute Gasteiger partial charge is 0.407 e. The van der Waals surface area contributed by atoms with Gasteiger partial charge in [0.1, 0.15) is 5.60 Å². The summed E-state index contributed by atoms with van der Waals surface area (Å²) in [6, 6.07) is 0.0569. The van der Waals surface area contributed by atoms with E-state index in [-0.39, 0.29) is 12.1 Å². The second-order valence-corrected chi connectivity index (χ2v) is 6.46. The summed E-state index contributed by atoms with van der Waals surface area (Å²) >= 11 is 0. The number of nitrogens with zero attached hydrogens (tertiary/aromatic N) is 1. The van der Waals surface area contributed by atoms with Crippen molar-refractivity contribution in [2.24, 2.45) is 5.73 Å². The third-order valence-corrected chi connectivity index (χ3v) is 3.37. The van der Waals surface area contributed by atoms with Crippen LogP contribution in [0.25, 0.3) is 0 Å². The van der Waals surface area contributed by atoms with Crippen LogP contribution in [0.15, 0.2) is 36.2 Å². The fourth-order valence-corrected chi connectivity index (χ4v) is 2.43. The number of rotatable bonds is 4. The Morgan fingerprint density at radius 3 is 2.68 bits per heavy atom. The fourth-order valence-electron chi connectivity index (χ4n) is 2.43. The van der Waals surface area contributed by atoms with Crippen molar-refractivity contribution in [3.8, 4) is 0 Å². The molecule has 0 saturated carbocycles. The molecule has 0 aromatic carbocycles. The van der Waals surface area contributed by atoms with Gasteiger partial charge in [0, 0.05) is 19.1 Å². The van der Waals surface area contributed by atoms with Crippen molar-refractivity contribution < 1.29 is 9.53 Å². The van der Waals surface area contributed by atoms with Crippen molar-refractivity contribution in [3.05, 3.63) is 36.2 Å². The molecule has 1 aliphatic rings. The highest BCUT2D eigenvalue weighted by Gasteiger charge is 2.25. The molecule has 0 unspecified atom stereocenters. The molecule has 1 fully saturated rings. The molecular formula is C17H29N3O2. The maximum Gasteiger partial charge on any atom is 0.407 e. The molecule has 0 aliphatic carbocycles. The number of carbonyl (C=O) groups is 1. The lowest BCUT2D eigenvalue weighted by atomic mass is 10.0. The second-order valence-electron chi connectivity index (χ2n) is 6.46. The van der Waals surface area contributed by atoms with Crippen LogP contribution < -0.4 is 11.1 Å². The Morgan fingerprint density at radius 2 is 2.14 bits per heavy atom. The molecule has 0 bridgehead atoms. The predicted octanol–water partition coefficient (Wildman–Crippen LogP) is 2.91. The summed E-state index contributed by atoms with van der Waals surface area (Å²) in [7, 11) is 0. The Labute approximate surface area is 133 Å². The molecule has 22 heavy (non-hydrogen) atoms. The number of nitrogens with one attached hydrogen (secondary N) is 1. The molecule has 1 amide bonds. The van der Waals surface area contributed by atoms with Gasteiger partial charge in [0.2, 0.25) is 0 Å². The number of carbonyl (C=O) groups excluding carboxylic acids is 1. The molecular weight excluding hydrogens is 278 g/mol. The number of hydrogen-bond donors (Lipinski definition) is 2. The molecule has 0 aromatic rings. The third kappa shape index (κ3) is 5.84. The summed E-state index contributed by atoms with van der Waals surface area (Å²) in [5.74, 6) is 0. The lowest BCUT2D eigenvalue weighted by molar-refractivity contribution is 0.0481. The van der Waals surface area contributed by atoms with Gasteiger partial charge in [-0.15, -0.1) is 0 Å². The van der Waals surface area contributed by atoms with Crippen LogP contribution >= 0.6 is 0 Å². The van der Waals surface area contributed by atoms with Gasteiger partial charge in [0.25, 0.3) is 0 Å². The van der Waals surface area contributed by atoms with Gasteiger partial charge in [-0.25, -0.2) is 4.79 Å². The fraction of sp³-hybridized carbons (Fsp3) is 0.588. The SMILES string of the molecule is C=C/C=C(\C(N)=C/C)N1CCC[C@H](NC(=O)OC(C)(C)C)C1. The zero-order chi connectivity index (χ0) is 16.8. The standard InChI is InChI=1S/C17H29N3O2/c1-6-9-15(14(18)7-2)20-11-8-10-13(12-20)19-16(21)22-17(3,4)5/h6-7,9,13H,1,8,10-12,18H2,2-5H3,(H,19,21)/b14-7+,15-9+/t13-/m0/s1. The predicted molar refractivity (Wildman–Crippen MR) is 90.2 cm³/mol. The van der Waals surface area contributed by atoms with Crippen molar-refractivity contribution >= 4 is 6.09 Å². The first kappa shape index (κ1) is 18.1. The minimum atomic E-state index is -0.484. The largest absolute Gasteiger partial charge is 0.444 e. The van der Waals surface area contributed by atoms with Gasteiger partial charge in [0.05, 0.1) is 11.4 Å². The minimum Gasteiger partial charge on any atom is -0.444 e. The molecule has 0 radical (unpaired) electrons. The zero-order valence-corrected chi connectivity index (χ0v) is 14.2. The van der Waals surface area contributed by atoms with Crippen LogP contribution in [0, 0.1) is 0 Å². The van der Waals surface area contributed by atoms with E-state index < -0.39 is 5.60 Å². The van der Waals surface area contributed by atoms with E-state index in [9.17, 15) is 4.79 Å². The van der Waals surface area contributed by atoms with Gasteiger partial charge in [0.15, 0.2) is 0 Å². The number of nitrogens with two attached hydrogens (primary N) is 1. The Bertz CT molecular complexity index is 461. The molecule has 1 atom stereocenters. The summed E-state index contributed by atoms with van der Waals surface area (Å²) in [5, 5.41) is 2.94. The van der Waals surface area contributed by atoms with Crippen LogP contribution in [0.3, 0.4) is 0 Å². The lowest BCUT2D eigenvalue weighted by Gasteiger charge is -2.36. The van der Waals surface area contributed by atoms with Gasteiger partial charge in [-0.05, 0) is 46.6 Å². The molecule has 0 spiro atoms. The normalized spacial score (nSPS) is 20.5. The molecule has 1 heterocycles. The van der Waals surface area contributed by atoms with Crippen molar-refractivity contribution in [2.75, 3.05) is 13.1 Å². The van der Waals surface area contributed by atoms with Crippen molar-refractivity contribution in [3.63, 3.8) is 0 Å². The Kier molecular flexibility index (Phi) is 6.53. The van der Waals surface area contributed by atoms with Crippen molar-refractivity contribution in [1.29, 1.82) is 0 Å². The average Bonchev–Trinajstić information content (AvgIpc) is 2.42. The van der Waals surface area contributed by atoms with E-state index in [1.165, 1.54) is 0 Å². The van der Waals surface area contributed by atoms with Gasteiger partial charge >= 0.3 is 6.09 Å². The Balaban J connectivity index is 2.70. The van der Waals surface area contributed by atoms with Crippen LogP contribution in [0.2, 0.25) is 0 Å². The number of likely N-dealkylation sites (tertiary alicyclic amines) is 1. The van der Waals surface area contributed by atoms with Gasteiger partial charge in [-0.1, -0.05) is 18.7 Å². The molecule has 1 saturated heterocycles. The topological polar surface area (TPSA) is 67.6 Å². The zero-order valence-electron chi connectivity index (χ0n) is 14.2. The van der Waals surface area contributed by atoms with E-state index in [1.807, 2.05) is 39.8 Å². The number of piperidine rings is 1. The number of hydrogen-bond acceptors (Lipinski definition) is 4. The number of alkyl carbamates (subject to hydrolysis) is 1. The lowest BCUT2D eigenvalue weighted by Crippen LogP contribution is -2.48. The summed E-state index contributed by atoms with van der Waals surface area (Å²) in [5.41, 5.74) is 7.24. The minimum absolute atomic E-state index is 0.0569. The Hall–Kier alpha value is -1.91. The molecule has 124 valence electrons. The Morgan fingerprint density at radius 1 is 1.45 bits per heavy atom. The van der Waals surface area contributed by atoms with Gasteiger partial charge in [-0.2, -0.15) is 0 Å². The summed E-state index contributed by atoms with van der Waals surface area (Å²) < 4.78 is 5.32. The van der Waals surface area contributed by atoms with Crippen LogP contribution in [-0.4, -0.2) is 35.7 Å². The molecule has 1 aliphatic heterocycles. The van der Waals surface area contributed by atoms with Crippen molar-refractivity contribution in [1.82, 2.24) is 10.2 Å². The van der Waals surface area contributed by atoms with E-state index in [0.717, 1.165) is 30.8 Å². The molecule has 1 rings (SSSR count). The molecule has 5 heteroatoms. The highest BCUT2D eigenvalue weighted by Crippen LogP contribution is 2.19. The summed E-state index contributed by atoms with van der Waals surface area (Å²) in [6.07, 6.45) is 7.08. The van der Waals surface area contributed by atoms with Gasteiger partial charge in [-0.3, -0.25) is 0 Å². The maximum atomic E-state index is 11.9. The number of ether oxygens (including phenoxy) is 1. The highest BCUT2D eigenvalue weighted by molar-refractivity contribution is 5.68. The monoisotopic (exact) mass is 307 g/mol. The van der Waals surface area contributed by atoms with E-state index in [2.05, 4.69) is 16.8 Å². The summed E-state index contributed by atoms with van der Waals surface area (Å²) in [6.45, 7) is 12.9. The molecule has 3 N–H and O–H groups in total. The van der Waals surface area contributed by atoms with E-state index in [0.29, 0.717) is 6.54 Å². The van der Waals surface area contributed by atoms with Crippen LogP contribution in [-0.2, 0) is 4.74 Å². The van der Waals surface area contributed by atoms with Gasteiger partial charge < -0.3 is 20.7 Å². The number of amides is 1. The van der Waals surface area contributed by atoms with Crippen LogP contribution in [0.5, 0.6) is 0 Å². The van der Waals surface area contributed by atoms with Crippen LogP contribution in [0.4, 0.5) is 4.79 Å². The maximum absolute atomic E-state index is 11.9. The first-order valence-electron chi connectivity index (χ1n) is 7.76. The van der Waals surface area contributed by atoms with E-state index in [1.54, 1.807) is 6.08 Å².